The van der Waals surface area contributed by atoms with Crippen LogP contribution in [0, 0.1) is 0 Å². The number of likely N-dealkylation sites (N-methyl/N-ethyl adjacent to an activating group) is 1. The molecule has 0 bridgehead atoms. The molecule has 1 N–H and O–H groups in total. The van der Waals surface area contributed by atoms with Gasteiger partial charge in [-0.15, -0.1) is 10.2 Å². The van der Waals surface area contributed by atoms with E-state index in [0.717, 1.165) is 22.0 Å². The van der Waals surface area contributed by atoms with Crippen molar-refractivity contribution in [3.8, 4) is 0 Å². The highest BCUT2D eigenvalue weighted by atomic mass is 32.2. The van der Waals surface area contributed by atoms with Gasteiger partial charge in [0.25, 0.3) is 0 Å². The number of rotatable bonds is 7. The van der Waals surface area contributed by atoms with Crippen LogP contribution in [0.4, 0.5) is 5.69 Å². The zero-order chi connectivity index (χ0) is 16.7. The summed E-state index contributed by atoms with van der Waals surface area (Å²) in [6, 6.07) is 7.66. The molecule has 8 heteroatoms. The maximum Gasteiger partial charge on any atom is 0.243 e. The van der Waals surface area contributed by atoms with E-state index in [1.54, 1.807) is 12.6 Å². The van der Waals surface area contributed by atoms with E-state index in [0.29, 0.717) is 0 Å². The van der Waals surface area contributed by atoms with Crippen LogP contribution in [0.1, 0.15) is 12.5 Å². The predicted molar refractivity (Wildman–Crippen MR) is 92.7 cm³/mol. The maximum absolute atomic E-state index is 12.1. The van der Waals surface area contributed by atoms with Gasteiger partial charge >= 0.3 is 0 Å². The number of hydrogen-bond acceptors (Lipinski definition) is 6. The summed E-state index contributed by atoms with van der Waals surface area (Å²) in [4.78, 5) is 25.5. The SMILES string of the molecule is CCc1ccccc1NC(=O)CN(C)C(=O)CSc1nncs1. The molecular formula is C15H18N4O2S2. The molecule has 0 saturated heterocycles. The van der Waals surface area contributed by atoms with Crippen LogP contribution in [0.5, 0.6) is 0 Å². The third-order valence-corrected chi connectivity index (χ3v) is 4.98. The first-order chi connectivity index (χ1) is 11.1. The van der Waals surface area contributed by atoms with Gasteiger partial charge in [-0.3, -0.25) is 9.59 Å². The molecule has 1 aromatic heterocycles. The molecule has 0 aliphatic carbocycles. The van der Waals surface area contributed by atoms with E-state index in [9.17, 15) is 9.59 Å². The topological polar surface area (TPSA) is 75.2 Å². The number of thioether (sulfide) groups is 1. The quantitative estimate of drug-likeness (QED) is 0.776. The van der Waals surface area contributed by atoms with Crippen molar-refractivity contribution < 1.29 is 9.59 Å². The number of aryl methyl sites for hydroxylation is 1. The number of anilines is 1. The molecule has 0 fully saturated rings. The number of para-hydroxylation sites is 1. The lowest BCUT2D eigenvalue weighted by atomic mass is 10.1. The van der Waals surface area contributed by atoms with Crippen molar-refractivity contribution in [3.63, 3.8) is 0 Å². The molecule has 0 atom stereocenters. The highest BCUT2D eigenvalue weighted by molar-refractivity contribution is 8.01. The number of benzene rings is 1. The number of nitrogens with zero attached hydrogens (tertiary/aromatic N) is 3. The zero-order valence-corrected chi connectivity index (χ0v) is 14.6. The van der Waals surface area contributed by atoms with Crippen molar-refractivity contribution in [1.82, 2.24) is 15.1 Å². The molecule has 23 heavy (non-hydrogen) atoms. The average Bonchev–Trinajstić information content (AvgIpc) is 3.06. The minimum absolute atomic E-state index is 0.0214. The fourth-order valence-electron chi connectivity index (χ4n) is 1.90. The molecule has 0 aliphatic heterocycles. The summed E-state index contributed by atoms with van der Waals surface area (Å²) in [6.07, 6.45) is 0.837. The second kappa shape index (κ2) is 8.64. The van der Waals surface area contributed by atoms with E-state index in [-0.39, 0.29) is 24.1 Å². The minimum atomic E-state index is -0.206. The van der Waals surface area contributed by atoms with Gasteiger partial charge in [-0.1, -0.05) is 48.2 Å². The van der Waals surface area contributed by atoms with Crippen LogP contribution >= 0.6 is 23.1 Å². The number of carbonyl (C=O) groups excluding carboxylic acids is 2. The van der Waals surface area contributed by atoms with Gasteiger partial charge in [-0.2, -0.15) is 0 Å². The molecule has 0 aliphatic rings. The van der Waals surface area contributed by atoms with Crippen LogP contribution in [0.15, 0.2) is 34.1 Å². The zero-order valence-electron chi connectivity index (χ0n) is 13.0. The number of aromatic nitrogens is 2. The molecule has 2 amide bonds. The van der Waals surface area contributed by atoms with E-state index in [2.05, 4.69) is 15.5 Å². The number of nitrogens with one attached hydrogen (secondary N) is 1. The Kier molecular flexibility index (Phi) is 6.54. The lowest BCUT2D eigenvalue weighted by molar-refractivity contribution is -0.131. The van der Waals surface area contributed by atoms with Crippen molar-refractivity contribution in [2.45, 2.75) is 17.7 Å². The van der Waals surface area contributed by atoms with Gasteiger partial charge in [0.2, 0.25) is 11.8 Å². The van der Waals surface area contributed by atoms with Gasteiger partial charge in [0.1, 0.15) is 5.51 Å². The molecule has 0 saturated carbocycles. The van der Waals surface area contributed by atoms with Crippen LogP contribution in [-0.4, -0.2) is 46.3 Å². The summed E-state index contributed by atoms with van der Waals surface area (Å²) < 4.78 is 0.744. The van der Waals surface area contributed by atoms with Crippen LogP contribution in [0.25, 0.3) is 0 Å². The molecule has 0 spiro atoms. The summed E-state index contributed by atoms with van der Waals surface area (Å²) >= 11 is 2.71. The third kappa shape index (κ3) is 5.33. The number of hydrogen-bond donors (Lipinski definition) is 1. The Morgan fingerprint density at radius 1 is 1.35 bits per heavy atom. The smallest absolute Gasteiger partial charge is 0.243 e. The Labute approximate surface area is 143 Å². The monoisotopic (exact) mass is 350 g/mol. The Morgan fingerprint density at radius 3 is 2.83 bits per heavy atom. The van der Waals surface area contributed by atoms with Crippen LogP contribution in [-0.2, 0) is 16.0 Å². The largest absolute Gasteiger partial charge is 0.336 e. The van der Waals surface area contributed by atoms with Gasteiger partial charge in [0.05, 0.1) is 12.3 Å². The fraction of sp³-hybridized carbons (Fsp3) is 0.333. The van der Waals surface area contributed by atoms with E-state index in [4.69, 9.17) is 0 Å². The van der Waals surface area contributed by atoms with Crippen LogP contribution < -0.4 is 5.32 Å². The summed E-state index contributed by atoms with van der Waals surface area (Å²) in [5, 5.41) is 10.4. The normalized spacial score (nSPS) is 10.3. The molecule has 0 radical (unpaired) electrons. The van der Waals surface area contributed by atoms with Gasteiger partial charge in [0, 0.05) is 12.7 Å². The lowest BCUT2D eigenvalue weighted by Crippen LogP contribution is -2.36. The van der Waals surface area contributed by atoms with Crippen molar-refractivity contribution in [3.05, 3.63) is 35.3 Å². The first-order valence-electron chi connectivity index (χ1n) is 7.10. The number of amides is 2. The molecule has 1 heterocycles. The van der Waals surface area contributed by atoms with Crippen molar-refractivity contribution in [2.24, 2.45) is 0 Å². The maximum atomic E-state index is 12.1. The highest BCUT2D eigenvalue weighted by Gasteiger charge is 2.14. The molecule has 0 unspecified atom stereocenters. The molecule has 6 nitrogen and oxygen atoms in total. The second-order valence-corrected chi connectivity index (χ2v) is 6.86. The molecule has 2 rings (SSSR count). The minimum Gasteiger partial charge on any atom is -0.336 e. The standard InChI is InChI=1S/C15H18N4O2S2/c1-3-11-6-4-5-7-12(11)17-13(20)8-19(2)14(21)9-22-15-18-16-10-23-15/h4-7,10H,3,8-9H2,1-2H3,(H,17,20). The average molecular weight is 350 g/mol. The first kappa shape index (κ1) is 17.4. The molecule has 122 valence electrons. The van der Waals surface area contributed by atoms with E-state index in [1.807, 2.05) is 31.2 Å². The summed E-state index contributed by atoms with van der Waals surface area (Å²) in [7, 11) is 1.62. The lowest BCUT2D eigenvalue weighted by Gasteiger charge is -2.17. The van der Waals surface area contributed by atoms with Crippen molar-refractivity contribution in [2.75, 3.05) is 24.7 Å². The molecular weight excluding hydrogens is 332 g/mol. The third-order valence-electron chi connectivity index (χ3n) is 3.14. The van der Waals surface area contributed by atoms with Crippen molar-refractivity contribution >= 4 is 40.6 Å². The second-order valence-electron chi connectivity index (χ2n) is 4.80. The fourth-order valence-corrected chi connectivity index (χ4v) is 3.33. The van der Waals surface area contributed by atoms with Gasteiger partial charge in [-0.25, -0.2) is 0 Å². The summed E-state index contributed by atoms with van der Waals surface area (Å²) in [5.74, 6) is -0.0864. The van der Waals surface area contributed by atoms with E-state index >= 15 is 0 Å². The Morgan fingerprint density at radius 2 is 2.13 bits per heavy atom. The Hall–Kier alpha value is -1.93. The van der Waals surface area contributed by atoms with Crippen molar-refractivity contribution in [1.29, 1.82) is 0 Å². The van der Waals surface area contributed by atoms with Crippen LogP contribution in [0.2, 0.25) is 0 Å². The first-order valence-corrected chi connectivity index (χ1v) is 8.97. The van der Waals surface area contributed by atoms with Crippen LogP contribution in [0.3, 0.4) is 0 Å². The summed E-state index contributed by atoms with van der Waals surface area (Å²) in [6.45, 7) is 2.05. The predicted octanol–water partition coefficient (Wildman–Crippen LogP) is 2.29. The van der Waals surface area contributed by atoms with E-state index in [1.165, 1.54) is 28.0 Å². The highest BCUT2D eigenvalue weighted by Crippen LogP contribution is 2.19. The van der Waals surface area contributed by atoms with Gasteiger partial charge in [-0.05, 0) is 18.1 Å². The van der Waals surface area contributed by atoms with E-state index < -0.39 is 0 Å². The Bertz CT molecular complexity index is 661. The molecule has 1 aromatic carbocycles. The molecule has 2 aromatic rings. The van der Waals surface area contributed by atoms with Gasteiger partial charge in [0.15, 0.2) is 4.34 Å². The van der Waals surface area contributed by atoms with Gasteiger partial charge < -0.3 is 10.2 Å². The summed E-state index contributed by atoms with van der Waals surface area (Å²) in [5.41, 5.74) is 3.49. The number of carbonyl (C=O) groups is 2. The Balaban J connectivity index is 1.82.